The number of hydrogen-bond acceptors (Lipinski definition) is 5. The first-order valence-corrected chi connectivity index (χ1v) is 6.23. The molecule has 0 bridgehead atoms. The first-order chi connectivity index (χ1) is 9.15. The van der Waals surface area contributed by atoms with Crippen molar-refractivity contribution in [2.24, 2.45) is 5.73 Å². The molecule has 2 N–H and O–H groups in total. The van der Waals surface area contributed by atoms with Crippen molar-refractivity contribution in [2.45, 2.75) is 12.5 Å². The van der Waals surface area contributed by atoms with Crippen molar-refractivity contribution < 1.29 is 19.0 Å². The molecule has 106 valence electrons. The molecule has 0 spiro atoms. The van der Waals surface area contributed by atoms with Crippen LogP contribution >= 0.6 is 0 Å². The monoisotopic (exact) mass is 267 g/mol. The van der Waals surface area contributed by atoms with E-state index in [4.69, 9.17) is 19.9 Å². The molecule has 0 aliphatic carbocycles. The number of esters is 1. The third kappa shape index (κ3) is 4.31. The van der Waals surface area contributed by atoms with Crippen LogP contribution in [0.3, 0.4) is 0 Å². The quantitative estimate of drug-likeness (QED) is 0.563. The van der Waals surface area contributed by atoms with Crippen LogP contribution in [-0.2, 0) is 24.5 Å². The van der Waals surface area contributed by atoms with Crippen molar-refractivity contribution in [1.29, 1.82) is 0 Å². The number of rotatable bonds is 8. The number of methoxy groups -OCH3 is 1. The lowest BCUT2D eigenvalue weighted by atomic mass is 9.92. The lowest BCUT2D eigenvalue weighted by Crippen LogP contribution is -2.50. The Bertz CT molecular complexity index is 382. The van der Waals surface area contributed by atoms with Gasteiger partial charge in [-0.05, 0) is 12.5 Å². The Hall–Kier alpha value is -1.43. The van der Waals surface area contributed by atoms with Gasteiger partial charge < -0.3 is 19.9 Å². The molecule has 0 heterocycles. The van der Waals surface area contributed by atoms with Gasteiger partial charge >= 0.3 is 5.97 Å². The Balaban J connectivity index is 2.81. The molecule has 5 heteroatoms. The smallest absolute Gasteiger partial charge is 0.333 e. The molecule has 0 aliphatic rings. The molecule has 1 atom stereocenters. The van der Waals surface area contributed by atoms with Crippen LogP contribution < -0.4 is 5.73 Å². The van der Waals surface area contributed by atoms with E-state index in [1.165, 1.54) is 0 Å². The Morgan fingerprint density at radius 3 is 2.53 bits per heavy atom. The number of hydrogen-bond donors (Lipinski definition) is 1. The van der Waals surface area contributed by atoms with Crippen molar-refractivity contribution >= 4 is 5.97 Å². The summed E-state index contributed by atoms with van der Waals surface area (Å²) in [7, 11) is 1.58. The molecule has 1 aromatic rings. The van der Waals surface area contributed by atoms with Gasteiger partial charge in [0.15, 0.2) is 5.54 Å². The highest BCUT2D eigenvalue weighted by Crippen LogP contribution is 2.20. The van der Waals surface area contributed by atoms with Crippen LogP contribution in [0, 0.1) is 0 Å². The summed E-state index contributed by atoms with van der Waals surface area (Å²) >= 11 is 0. The van der Waals surface area contributed by atoms with Gasteiger partial charge in [0.25, 0.3) is 0 Å². The largest absolute Gasteiger partial charge is 0.464 e. The van der Waals surface area contributed by atoms with Crippen LogP contribution in [0.25, 0.3) is 0 Å². The molecule has 0 aliphatic heterocycles. The fourth-order valence-corrected chi connectivity index (χ4v) is 1.63. The summed E-state index contributed by atoms with van der Waals surface area (Å²) in [6.07, 6.45) is 0. The number of carbonyl (C=O) groups is 1. The average Bonchev–Trinajstić information content (AvgIpc) is 2.44. The van der Waals surface area contributed by atoms with Gasteiger partial charge in [-0.1, -0.05) is 30.3 Å². The van der Waals surface area contributed by atoms with Crippen LogP contribution in [0.4, 0.5) is 0 Å². The second kappa shape index (κ2) is 7.89. The van der Waals surface area contributed by atoms with Crippen molar-refractivity contribution in [3.05, 3.63) is 35.9 Å². The maximum Gasteiger partial charge on any atom is 0.333 e. The van der Waals surface area contributed by atoms with Crippen LogP contribution in [-0.4, -0.2) is 39.5 Å². The number of nitrogens with two attached hydrogens (primary N) is 1. The zero-order chi connectivity index (χ0) is 14.1. The van der Waals surface area contributed by atoms with E-state index in [9.17, 15) is 4.79 Å². The molecule has 5 nitrogen and oxygen atoms in total. The summed E-state index contributed by atoms with van der Waals surface area (Å²) in [6.45, 7) is 2.91. The maximum atomic E-state index is 12.1. The molecule has 0 saturated carbocycles. The van der Waals surface area contributed by atoms with E-state index in [0.717, 1.165) is 0 Å². The van der Waals surface area contributed by atoms with Crippen molar-refractivity contribution in [3.8, 4) is 0 Å². The molecule has 19 heavy (non-hydrogen) atoms. The minimum atomic E-state index is -1.29. The molecule has 0 radical (unpaired) electrons. The Morgan fingerprint density at radius 1 is 1.26 bits per heavy atom. The van der Waals surface area contributed by atoms with Gasteiger partial charge in [-0.15, -0.1) is 0 Å². The zero-order valence-electron chi connectivity index (χ0n) is 11.4. The molecule has 0 aromatic heterocycles. The van der Waals surface area contributed by atoms with Gasteiger partial charge in [-0.2, -0.15) is 0 Å². The van der Waals surface area contributed by atoms with Crippen molar-refractivity contribution in [3.63, 3.8) is 0 Å². The highest BCUT2D eigenvalue weighted by Gasteiger charge is 2.38. The standard InChI is InChI=1S/C14H21NO4/c1-3-19-13(16)14(15,11-18-10-9-17-2)12-7-5-4-6-8-12/h4-8H,3,9-11,15H2,1-2H3. The summed E-state index contributed by atoms with van der Waals surface area (Å²) in [5.74, 6) is -0.487. The van der Waals surface area contributed by atoms with Crippen LogP contribution in [0.5, 0.6) is 0 Å². The van der Waals surface area contributed by atoms with E-state index in [2.05, 4.69) is 0 Å². The number of carbonyl (C=O) groups excluding carboxylic acids is 1. The van der Waals surface area contributed by atoms with Crippen LogP contribution in [0.1, 0.15) is 12.5 Å². The van der Waals surface area contributed by atoms with Gasteiger partial charge in [0.05, 0.1) is 26.4 Å². The van der Waals surface area contributed by atoms with Gasteiger partial charge in [0.2, 0.25) is 0 Å². The Kier molecular flexibility index (Phi) is 6.49. The predicted octanol–water partition coefficient (Wildman–Crippen LogP) is 1.07. The van der Waals surface area contributed by atoms with Crippen LogP contribution in [0.15, 0.2) is 30.3 Å². The van der Waals surface area contributed by atoms with Gasteiger partial charge in [0, 0.05) is 7.11 Å². The molecule has 0 saturated heterocycles. The van der Waals surface area contributed by atoms with Gasteiger partial charge in [0.1, 0.15) is 0 Å². The first kappa shape index (κ1) is 15.6. The van der Waals surface area contributed by atoms with Gasteiger partial charge in [-0.25, -0.2) is 4.79 Å². The molecule has 1 unspecified atom stereocenters. The summed E-state index contributed by atoms with van der Waals surface area (Å²) in [4.78, 5) is 12.1. The predicted molar refractivity (Wildman–Crippen MR) is 71.6 cm³/mol. The summed E-state index contributed by atoms with van der Waals surface area (Å²) in [6, 6.07) is 9.09. The van der Waals surface area contributed by atoms with Crippen LogP contribution in [0.2, 0.25) is 0 Å². The molecule has 1 aromatic carbocycles. The van der Waals surface area contributed by atoms with E-state index in [0.29, 0.717) is 18.8 Å². The highest BCUT2D eigenvalue weighted by atomic mass is 16.5. The molecule has 0 amide bonds. The number of benzene rings is 1. The third-order valence-corrected chi connectivity index (χ3v) is 2.69. The zero-order valence-corrected chi connectivity index (χ0v) is 11.4. The van der Waals surface area contributed by atoms with E-state index >= 15 is 0 Å². The molecule has 0 fully saturated rings. The van der Waals surface area contributed by atoms with Gasteiger partial charge in [-0.3, -0.25) is 0 Å². The fourth-order valence-electron chi connectivity index (χ4n) is 1.63. The second-order valence-electron chi connectivity index (χ2n) is 4.10. The fraction of sp³-hybridized carbons (Fsp3) is 0.500. The highest BCUT2D eigenvalue weighted by molar-refractivity contribution is 5.82. The minimum Gasteiger partial charge on any atom is -0.464 e. The lowest BCUT2D eigenvalue weighted by Gasteiger charge is -2.27. The van der Waals surface area contributed by atoms with Crippen molar-refractivity contribution in [2.75, 3.05) is 33.5 Å². The molecular formula is C14H21NO4. The Morgan fingerprint density at radius 2 is 1.95 bits per heavy atom. The third-order valence-electron chi connectivity index (χ3n) is 2.69. The molecular weight excluding hydrogens is 246 g/mol. The van der Waals surface area contributed by atoms with E-state index in [1.807, 2.05) is 18.2 Å². The Labute approximate surface area is 113 Å². The number of ether oxygens (including phenoxy) is 3. The van der Waals surface area contributed by atoms with E-state index in [-0.39, 0.29) is 13.2 Å². The summed E-state index contributed by atoms with van der Waals surface area (Å²) < 4.78 is 15.3. The van der Waals surface area contributed by atoms with Crippen molar-refractivity contribution in [1.82, 2.24) is 0 Å². The maximum absolute atomic E-state index is 12.1. The first-order valence-electron chi connectivity index (χ1n) is 6.23. The summed E-state index contributed by atoms with van der Waals surface area (Å²) in [5.41, 5.74) is 5.58. The minimum absolute atomic E-state index is 0.0548. The molecule has 1 rings (SSSR count). The van der Waals surface area contributed by atoms with E-state index < -0.39 is 11.5 Å². The second-order valence-corrected chi connectivity index (χ2v) is 4.10. The lowest BCUT2D eigenvalue weighted by molar-refractivity contribution is -0.153. The van der Waals surface area contributed by atoms with E-state index in [1.54, 1.807) is 26.2 Å². The average molecular weight is 267 g/mol. The SMILES string of the molecule is CCOC(=O)C(N)(COCCOC)c1ccccc1. The topological polar surface area (TPSA) is 70.8 Å². The normalized spacial score (nSPS) is 13.8. The summed E-state index contributed by atoms with van der Waals surface area (Å²) in [5, 5.41) is 0.